The topological polar surface area (TPSA) is 0 Å². The standard InChI is InChI=1S/C8H5Cl2F3/c9-4-5-1-2-6(7(10)3-5)8(11,12)13/h1-3H,4H2. The molecule has 1 aromatic carbocycles. The molecule has 0 atom stereocenters. The van der Waals surface area contributed by atoms with Gasteiger partial charge in [0.25, 0.3) is 0 Å². The first-order valence-corrected chi connectivity index (χ1v) is 4.28. The third-order valence-corrected chi connectivity index (χ3v) is 2.11. The number of benzene rings is 1. The van der Waals surface area contributed by atoms with Crippen LogP contribution < -0.4 is 0 Å². The van der Waals surface area contributed by atoms with Crippen LogP contribution in [0.5, 0.6) is 0 Å². The second-order valence-corrected chi connectivity index (χ2v) is 3.12. The smallest absolute Gasteiger partial charge is 0.166 e. The van der Waals surface area contributed by atoms with E-state index in [1.54, 1.807) is 0 Å². The fourth-order valence-electron chi connectivity index (χ4n) is 0.872. The molecule has 72 valence electrons. The van der Waals surface area contributed by atoms with E-state index in [0.717, 1.165) is 6.07 Å². The normalized spacial score (nSPS) is 11.8. The van der Waals surface area contributed by atoms with Crippen LogP contribution in [0.2, 0.25) is 5.02 Å². The van der Waals surface area contributed by atoms with Gasteiger partial charge >= 0.3 is 6.18 Å². The van der Waals surface area contributed by atoms with Gasteiger partial charge in [-0.2, -0.15) is 13.2 Å². The number of alkyl halides is 4. The molecule has 0 unspecified atom stereocenters. The lowest BCUT2D eigenvalue weighted by Crippen LogP contribution is -2.05. The van der Waals surface area contributed by atoms with Crippen LogP contribution in [0.3, 0.4) is 0 Å². The van der Waals surface area contributed by atoms with E-state index in [2.05, 4.69) is 0 Å². The van der Waals surface area contributed by atoms with E-state index in [0.29, 0.717) is 5.56 Å². The minimum absolute atomic E-state index is 0.151. The summed E-state index contributed by atoms with van der Waals surface area (Å²) in [5, 5.41) is -0.314. The Kier molecular flexibility index (Phi) is 3.09. The summed E-state index contributed by atoms with van der Waals surface area (Å²) < 4.78 is 36.5. The summed E-state index contributed by atoms with van der Waals surface area (Å²) in [5.41, 5.74) is -0.261. The number of hydrogen-bond acceptors (Lipinski definition) is 0. The highest BCUT2D eigenvalue weighted by Crippen LogP contribution is 2.34. The molecule has 0 aliphatic heterocycles. The van der Waals surface area contributed by atoms with Crippen molar-refractivity contribution in [2.75, 3.05) is 0 Å². The van der Waals surface area contributed by atoms with Crippen LogP contribution in [0.4, 0.5) is 13.2 Å². The van der Waals surface area contributed by atoms with Crippen molar-refractivity contribution >= 4 is 23.2 Å². The van der Waals surface area contributed by atoms with Gasteiger partial charge < -0.3 is 0 Å². The van der Waals surface area contributed by atoms with Gasteiger partial charge in [-0.25, -0.2) is 0 Å². The molecule has 0 amide bonds. The molecule has 0 saturated heterocycles. The quantitative estimate of drug-likeness (QED) is 0.636. The van der Waals surface area contributed by atoms with Crippen molar-refractivity contribution in [3.05, 3.63) is 34.3 Å². The van der Waals surface area contributed by atoms with E-state index in [1.165, 1.54) is 12.1 Å². The van der Waals surface area contributed by atoms with Gasteiger partial charge in [0, 0.05) is 5.88 Å². The number of halogens is 5. The molecule has 1 rings (SSSR count). The first kappa shape index (κ1) is 10.7. The van der Waals surface area contributed by atoms with E-state index in [4.69, 9.17) is 23.2 Å². The van der Waals surface area contributed by atoms with Crippen LogP contribution in [-0.2, 0) is 12.1 Å². The zero-order valence-corrected chi connectivity index (χ0v) is 7.84. The van der Waals surface area contributed by atoms with E-state index in [-0.39, 0.29) is 10.9 Å². The maximum absolute atomic E-state index is 12.2. The van der Waals surface area contributed by atoms with Gasteiger partial charge in [-0.05, 0) is 17.7 Å². The molecule has 0 bridgehead atoms. The van der Waals surface area contributed by atoms with Crippen molar-refractivity contribution in [1.29, 1.82) is 0 Å². The Hall–Kier alpha value is -0.410. The lowest BCUT2D eigenvalue weighted by Gasteiger charge is -2.08. The average molecular weight is 229 g/mol. The molecule has 0 spiro atoms. The van der Waals surface area contributed by atoms with Gasteiger partial charge in [0.05, 0.1) is 10.6 Å². The molecular weight excluding hydrogens is 224 g/mol. The molecular formula is C8H5Cl2F3. The van der Waals surface area contributed by atoms with Crippen molar-refractivity contribution in [2.24, 2.45) is 0 Å². The van der Waals surface area contributed by atoms with Gasteiger partial charge in [-0.3, -0.25) is 0 Å². The Balaban J connectivity index is 3.13. The molecule has 0 heterocycles. The maximum Gasteiger partial charge on any atom is 0.417 e. The van der Waals surface area contributed by atoms with Crippen molar-refractivity contribution in [3.63, 3.8) is 0 Å². The molecule has 0 nitrogen and oxygen atoms in total. The van der Waals surface area contributed by atoms with E-state index in [9.17, 15) is 13.2 Å². The highest BCUT2D eigenvalue weighted by molar-refractivity contribution is 6.31. The van der Waals surface area contributed by atoms with E-state index < -0.39 is 11.7 Å². The molecule has 0 aliphatic carbocycles. The zero-order valence-electron chi connectivity index (χ0n) is 6.33. The minimum atomic E-state index is -4.40. The molecule has 0 aliphatic rings. The second kappa shape index (κ2) is 3.76. The summed E-state index contributed by atoms with van der Waals surface area (Å²) in [6, 6.07) is 3.46. The summed E-state index contributed by atoms with van der Waals surface area (Å²) in [6.45, 7) is 0. The summed E-state index contributed by atoms with van der Waals surface area (Å²) in [5.74, 6) is 0.151. The van der Waals surface area contributed by atoms with Crippen LogP contribution in [-0.4, -0.2) is 0 Å². The van der Waals surface area contributed by atoms with Gasteiger partial charge in [0.1, 0.15) is 0 Å². The van der Waals surface area contributed by atoms with Gasteiger partial charge in [0.15, 0.2) is 0 Å². The summed E-state index contributed by atoms with van der Waals surface area (Å²) >= 11 is 10.8. The van der Waals surface area contributed by atoms with Gasteiger partial charge in [-0.15, -0.1) is 11.6 Å². The largest absolute Gasteiger partial charge is 0.417 e. The fraction of sp³-hybridized carbons (Fsp3) is 0.250. The highest BCUT2D eigenvalue weighted by atomic mass is 35.5. The Morgan fingerprint density at radius 3 is 2.23 bits per heavy atom. The third kappa shape index (κ3) is 2.51. The number of hydrogen-bond donors (Lipinski definition) is 0. The summed E-state index contributed by atoms with van der Waals surface area (Å²) in [4.78, 5) is 0. The highest BCUT2D eigenvalue weighted by Gasteiger charge is 2.32. The first-order chi connectivity index (χ1) is 5.95. The van der Waals surface area contributed by atoms with Crippen LogP contribution in [0.15, 0.2) is 18.2 Å². The zero-order chi connectivity index (χ0) is 10.1. The van der Waals surface area contributed by atoms with Crippen molar-refractivity contribution in [3.8, 4) is 0 Å². The van der Waals surface area contributed by atoms with E-state index in [1.807, 2.05) is 0 Å². The number of rotatable bonds is 1. The summed E-state index contributed by atoms with van der Waals surface area (Å²) in [7, 11) is 0. The Morgan fingerprint density at radius 1 is 1.23 bits per heavy atom. The first-order valence-electron chi connectivity index (χ1n) is 3.36. The molecule has 0 fully saturated rings. The van der Waals surface area contributed by atoms with Crippen molar-refractivity contribution in [2.45, 2.75) is 12.1 Å². The predicted octanol–water partition coefficient (Wildman–Crippen LogP) is 4.10. The third-order valence-electron chi connectivity index (χ3n) is 1.49. The van der Waals surface area contributed by atoms with Crippen LogP contribution in [0.1, 0.15) is 11.1 Å². The Labute approximate surface area is 83.3 Å². The van der Waals surface area contributed by atoms with Crippen LogP contribution in [0.25, 0.3) is 0 Å². The monoisotopic (exact) mass is 228 g/mol. The van der Waals surface area contributed by atoms with Gasteiger partial charge in [-0.1, -0.05) is 17.7 Å². The average Bonchev–Trinajstić information content (AvgIpc) is 2.01. The van der Waals surface area contributed by atoms with Crippen molar-refractivity contribution < 1.29 is 13.2 Å². The predicted molar refractivity (Wildman–Crippen MR) is 46.0 cm³/mol. The molecule has 0 N–H and O–H groups in total. The molecule has 5 heteroatoms. The molecule has 0 radical (unpaired) electrons. The van der Waals surface area contributed by atoms with Crippen LogP contribution in [0, 0.1) is 0 Å². The van der Waals surface area contributed by atoms with Crippen LogP contribution >= 0.6 is 23.2 Å². The Morgan fingerprint density at radius 2 is 1.85 bits per heavy atom. The molecule has 0 aromatic heterocycles. The van der Waals surface area contributed by atoms with E-state index >= 15 is 0 Å². The minimum Gasteiger partial charge on any atom is -0.166 e. The SMILES string of the molecule is FC(F)(F)c1ccc(CCl)cc1Cl. The Bertz CT molecular complexity index is 307. The summed E-state index contributed by atoms with van der Waals surface area (Å²) in [6.07, 6.45) is -4.40. The van der Waals surface area contributed by atoms with Gasteiger partial charge in [0.2, 0.25) is 0 Å². The molecule has 13 heavy (non-hydrogen) atoms. The van der Waals surface area contributed by atoms with Crippen molar-refractivity contribution in [1.82, 2.24) is 0 Å². The maximum atomic E-state index is 12.2. The molecule has 0 saturated carbocycles. The lowest BCUT2D eigenvalue weighted by atomic mass is 10.1. The second-order valence-electron chi connectivity index (χ2n) is 2.45. The molecule has 1 aromatic rings. The lowest BCUT2D eigenvalue weighted by molar-refractivity contribution is -0.137. The fourth-order valence-corrected chi connectivity index (χ4v) is 1.35.